The quantitative estimate of drug-likeness (QED) is 0.643. The molecule has 18 heavy (non-hydrogen) atoms. The topological polar surface area (TPSA) is 61.7 Å². The fourth-order valence-electron chi connectivity index (χ4n) is 1.79. The zero-order chi connectivity index (χ0) is 13.4. The third-order valence-corrected chi connectivity index (χ3v) is 2.83. The molecule has 0 fully saturated rings. The fraction of sp³-hybridized carbons (Fsp3) is 0.571. The van der Waals surface area contributed by atoms with Gasteiger partial charge in [0, 0.05) is 0 Å². The second kappa shape index (κ2) is 8.08. The van der Waals surface area contributed by atoms with E-state index in [0.29, 0.717) is 6.61 Å². The summed E-state index contributed by atoms with van der Waals surface area (Å²) < 4.78 is 5.49. The van der Waals surface area contributed by atoms with Crippen molar-refractivity contribution in [3.8, 4) is 5.75 Å². The van der Waals surface area contributed by atoms with E-state index in [0.717, 1.165) is 24.3 Å². The minimum Gasteiger partial charge on any atom is -0.494 e. The first-order valence-electron chi connectivity index (χ1n) is 6.38. The van der Waals surface area contributed by atoms with Crippen molar-refractivity contribution in [2.45, 2.75) is 26.3 Å². The molecule has 0 heterocycles. The third kappa shape index (κ3) is 4.64. The second-order valence-corrected chi connectivity index (χ2v) is 4.30. The maximum absolute atomic E-state index is 8.92. The highest BCUT2D eigenvalue weighted by molar-refractivity contribution is 5.36. The van der Waals surface area contributed by atoms with Gasteiger partial charge in [0.15, 0.2) is 0 Å². The molecule has 1 aromatic carbocycles. The van der Waals surface area contributed by atoms with Crippen molar-refractivity contribution < 1.29 is 14.9 Å². The molecule has 0 atom stereocenters. The van der Waals surface area contributed by atoms with Gasteiger partial charge in [-0.1, -0.05) is 12.1 Å². The Morgan fingerprint density at radius 3 is 2.56 bits per heavy atom. The highest BCUT2D eigenvalue weighted by atomic mass is 16.5. The summed E-state index contributed by atoms with van der Waals surface area (Å²) in [6, 6.07) is 5.92. The number of aliphatic hydroxyl groups is 2. The zero-order valence-corrected chi connectivity index (χ0v) is 11.1. The van der Waals surface area contributed by atoms with E-state index >= 15 is 0 Å². The van der Waals surface area contributed by atoms with Gasteiger partial charge >= 0.3 is 0 Å². The van der Waals surface area contributed by atoms with Crippen LogP contribution in [0.5, 0.6) is 5.75 Å². The van der Waals surface area contributed by atoms with E-state index in [-0.39, 0.29) is 19.3 Å². The molecule has 102 valence electrons. The average molecular weight is 253 g/mol. The minimum absolute atomic E-state index is 0.0429. The molecular formula is C14H23NO3. The lowest BCUT2D eigenvalue weighted by atomic mass is 10.1. The zero-order valence-electron chi connectivity index (χ0n) is 11.1. The van der Waals surface area contributed by atoms with Gasteiger partial charge in [-0.2, -0.15) is 0 Å². The lowest BCUT2D eigenvalue weighted by molar-refractivity contribution is 0.171. The van der Waals surface area contributed by atoms with Crippen molar-refractivity contribution in [1.82, 2.24) is 5.32 Å². The second-order valence-electron chi connectivity index (χ2n) is 4.30. The predicted molar refractivity (Wildman–Crippen MR) is 72.0 cm³/mol. The molecule has 0 spiro atoms. The van der Waals surface area contributed by atoms with Crippen LogP contribution in [0, 0.1) is 6.92 Å². The Morgan fingerprint density at radius 1 is 1.28 bits per heavy atom. The van der Waals surface area contributed by atoms with Gasteiger partial charge in [0.05, 0.1) is 25.9 Å². The van der Waals surface area contributed by atoms with Crippen LogP contribution in [0.4, 0.5) is 0 Å². The molecule has 0 unspecified atom stereocenters. The van der Waals surface area contributed by atoms with Crippen LogP contribution in [0.25, 0.3) is 0 Å². The number of hydrogen-bond donors (Lipinski definition) is 3. The molecule has 3 N–H and O–H groups in total. The van der Waals surface area contributed by atoms with E-state index in [1.165, 1.54) is 5.56 Å². The van der Waals surface area contributed by atoms with E-state index in [4.69, 9.17) is 14.9 Å². The van der Waals surface area contributed by atoms with Crippen molar-refractivity contribution in [3.63, 3.8) is 0 Å². The number of hydrogen-bond acceptors (Lipinski definition) is 4. The van der Waals surface area contributed by atoms with Gasteiger partial charge in [-0.15, -0.1) is 0 Å². The molecule has 0 aliphatic heterocycles. The largest absolute Gasteiger partial charge is 0.494 e. The molecule has 1 rings (SSSR count). The molecule has 4 heteroatoms. The van der Waals surface area contributed by atoms with Crippen LogP contribution < -0.4 is 10.1 Å². The molecule has 0 radical (unpaired) electrons. The predicted octanol–water partition coefficient (Wildman–Crippen LogP) is 0.879. The van der Waals surface area contributed by atoms with E-state index in [1.807, 2.05) is 26.0 Å². The van der Waals surface area contributed by atoms with Gasteiger partial charge in [0.2, 0.25) is 0 Å². The van der Waals surface area contributed by atoms with Crippen LogP contribution in [-0.2, 0) is 6.42 Å². The van der Waals surface area contributed by atoms with Crippen LogP contribution in [0.1, 0.15) is 18.1 Å². The fourth-order valence-corrected chi connectivity index (χ4v) is 1.79. The number of ether oxygens (including phenoxy) is 1. The molecule has 0 saturated carbocycles. The van der Waals surface area contributed by atoms with Gasteiger partial charge in [-0.25, -0.2) is 0 Å². The minimum atomic E-state index is -0.228. The van der Waals surface area contributed by atoms with Gasteiger partial charge in [0.1, 0.15) is 5.75 Å². The number of rotatable bonds is 8. The normalized spacial score (nSPS) is 10.9. The smallest absolute Gasteiger partial charge is 0.122 e. The maximum atomic E-state index is 8.92. The van der Waals surface area contributed by atoms with Crippen LogP contribution >= 0.6 is 0 Å². The monoisotopic (exact) mass is 253 g/mol. The number of benzene rings is 1. The molecule has 4 nitrogen and oxygen atoms in total. The first-order chi connectivity index (χ1) is 8.71. The summed E-state index contributed by atoms with van der Waals surface area (Å²) in [4.78, 5) is 0. The van der Waals surface area contributed by atoms with Crippen molar-refractivity contribution >= 4 is 0 Å². The molecule has 0 amide bonds. The summed E-state index contributed by atoms with van der Waals surface area (Å²) in [5, 5.41) is 20.9. The first kappa shape index (κ1) is 15.0. The van der Waals surface area contributed by atoms with Crippen molar-refractivity contribution in [3.05, 3.63) is 29.3 Å². The molecule has 0 bridgehead atoms. The summed E-state index contributed by atoms with van der Waals surface area (Å²) >= 11 is 0. The molecule has 0 aliphatic carbocycles. The van der Waals surface area contributed by atoms with E-state index < -0.39 is 0 Å². The summed E-state index contributed by atoms with van der Waals surface area (Å²) in [6.45, 7) is 5.33. The van der Waals surface area contributed by atoms with Crippen LogP contribution in [0.15, 0.2) is 18.2 Å². The lowest BCUT2D eigenvalue weighted by Crippen LogP contribution is -2.36. The van der Waals surface area contributed by atoms with Crippen LogP contribution in [0.3, 0.4) is 0 Å². The van der Waals surface area contributed by atoms with Gasteiger partial charge in [-0.05, 0) is 44.0 Å². The van der Waals surface area contributed by atoms with E-state index in [9.17, 15) is 0 Å². The standard InChI is InChI=1S/C14H23NO3/c1-3-18-14-5-4-12(8-11(14)2)6-7-15-13(9-16)10-17/h4-5,8,13,15-17H,3,6-7,9-10H2,1-2H3. The molecule has 0 aromatic heterocycles. The number of aryl methyl sites for hydroxylation is 1. The summed E-state index contributed by atoms with van der Waals surface area (Å²) in [5.74, 6) is 0.929. The van der Waals surface area contributed by atoms with Gasteiger partial charge < -0.3 is 20.3 Å². The molecule has 1 aromatic rings. The van der Waals surface area contributed by atoms with Gasteiger partial charge in [-0.3, -0.25) is 0 Å². The van der Waals surface area contributed by atoms with Crippen LogP contribution in [-0.4, -0.2) is 42.6 Å². The molecule has 0 saturated heterocycles. The average Bonchev–Trinajstić information content (AvgIpc) is 2.38. The van der Waals surface area contributed by atoms with Crippen molar-refractivity contribution in [2.75, 3.05) is 26.4 Å². The Balaban J connectivity index is 2.45. The Bertz CT molecular complexity index is 351. The van der Waals surface area contributed by atoms with Crippen molar-refractivity contribution in [1.29, 1.82) is 0 Å². The Labute approximate surface area is 109 Å². The van der Waals surface area contributed by atoms with E-state index in [1.54, 1.807) is 0 Å². The lowest BCUT2D eigenvalue weighted by Gasteiger charge is -2.13. The Hall–Kier alpha value is -1.10. The van der Waals surface area contributed by atoms with Crippen LogP contribution in [0.2, 0.25) is 0 Å². The third-order valence-electron chi connectivity index (χ3n) is 2.83. The van der Waals surface area contributed by atoms with Crippen molar-refractivity contribution in [2.24, 2.45) is 0 Å². The Morgan fingerprint density at radius 2 is 2.00 bits per heavy atom. The number of aliphatic hydroxyl groups excluding tert-OH is 2. The molecular weight excluding hydrogens is 230 g/mol. The summed E-state index contributed by atoms with van der Waals surface area (Å²) in [7, 11) is 0. The Kier molecular flexibility index (Phi) is 6.72. The number of nitrogens with one attached hydrogen (secondary N) is 1. The SMILES string of the molecule is CCOc1ccc(CCNC(CO)CO)cc1C. The summed E-state index contributed by atoms with van der Waals surface area (Å²) in [5.41, 5.74) is 2.35. The maximum Gasteiger partial charge on any atom is 0.122 e. The first-order valence-corrected chi connectivity index (χ1v) is 6.38. The summed E-state index contributed by atoms with van der Waals surface area (Å²) in [6.07, 6.45) is 0.865. The van der Waals surface area contributed by atoms with E-state index in [2.05, 4.69) is 11.4 Å². The highest BCUT2D eigenvalue weighted by Crippen LogP contribution is 2.19. The highest BCUT2D eigenvalue weighted by Gasteiger charge is 2.05. The van der Waals surface area contributed by atoms with Gasteiger partial charge in [0.25, 0.3) is 0 Å². The molecule has 0 aliphatic rings.